The molecule has 2 N–H and O–H groups in total. The maximum atomic E-state index is 10.7. The highest BCUT2D eigenvalue weighted by Gasteiger charge is 2.14. The van der Waals surface area contributed by atoms with Crippen molar-refractivity contribution in [3.63, 3.8) is 0 Å². The molecule has 1 aromatic carbocycles. The Morgan fingerprint density at radius 3 is 2.27 bits per heavy atom. The first-order valence-electron chi connectivity index (χ1n) is 3.92. The first-order chi connectivity index (χ1) is 6.52. The van der Waals surface area contributed by atoms with Crippen molar-refractivity contribution < 1.29 is 9.53 Å². The van der Waals surface area contributed by atoms with Crippen LogP contribution < -0.4 is 10.5 Å². The van der Waals surface area contributed by atoms with Gasteiger partial charge in [0.25, 0.3) is 5.91 Å². The Balaban J connectivity index is 0.00000196. The van der Waals surface area contributed by atoms with Gasteiger partial charge >= 0.3 is 0 Å². The summed E-state index contributed by atoms with van der Waals surface area (Å²) in [5.41, 5.74) is 5.03. The van der Waals surface area contributed by atoms with Crippen LogP contribution in [0.15, 0.2) is 18.2 Å². The van der Waals surface area contributed by atoms with Gasteiger partial charge in [-0.25, -0.2) is 0 Å². The third-order valence-electron chi connectivity index (χ3n) is 1.61. The molecule has 15 heavy (non-hydrogen) atoms. The van der Waals surface area contributed by atoms with Crippen molar-refractivity contribution in [2.75, 3.05) is 0 Å². The van der Waals surface area contributed by atoms with Gasteiger partial charge in [-0.2, -0.15) is 0 Å². The molecule has 0 fully saturated rings. The summed E-state index contributed by atoms with van der Waals surface area (Å²) in [5, 5.41) is 0.705. The standard InChI is InChI=1S/C9H9Cl2NO2.ClH/c1-5(9(12)13)14-8-6(10)3-2-4-7(8)11;/h2-5H,1H3,(H2,12,13);1H. The first kappa shape index (κ1) is 14.4. The number of primary amides is 1. The molecule has 0 radical (unpaired) electrons. The van der Waals surface area contributed by atoms with E-state index in [-0.39, 0.29) is 18.2 Å². The van der Waals surface area contributed by atoms with E-state index in [1.54, 1.807) is 18.2 Å². The maximum absolute atomic E-state index is 10.7. The fourth-order valence-corrected chi connectivity index (χ4v) is 1.32. The first-order valence-corrected chi connectivity index (χ1v) is 4.68. The van der Waals surface area contributed by atoms with Crippen LogP contribution in [0.4, 0.5) is 0 Å². The molecular formula is C9H10Cl3NO2. The number of carbonyl (C=O) groups is 1. The van der Waals surface area contributed by atoms with E-state index in [0.29, 0.717) is 10.0 Å². The average Bonchev–Trinajstić information content (AvgIpc) is 2.11. The minimum Gasteiger partial charge on any atom is -0.478 e. The molecule has 1 amide bonds. The van der Waals surface area contributed by atoms with Crippen LogP contribution in [0.1, 0.15) is 6.92 Å². The van der Waals surface area contributed by atoms with Crippen LogP contribution in [0.3, 0.4) is 0 Å². The quantitative estimate of drug-likeness (QED) is 0.918. The Bertz CT molecular complexity index is 337. The molecular weight excluding hydrogens is 260 g/mol. The molecule has 0 aliphatic carbocycles. The summed E-state index contributed by atoms with van der Waals surface area (Å²) in [6, 6.07) is 4.93. The van der Waals surface area contributed by atoms with E-state index in [0.717, 1.165) is 0 Å². The number of nitrogens with two attached hydrogens (primary N) is 1. The van der Waals surface area contributed by atoms with Gasteiger partial charge in [-0.1, -0.05) is 29.3 Å². The number of hydrogen-bond donors (Lipinski definition) is 1. The van der Waals surface area contributed by atoms with Crippen LogP contribution in [-0.2, 0) is 4.79 Å². The van der Waals surface area contributed by atoms with Gasteiger partial charge in [-0.3, -0.25) is 4.79 Å². The van der Waals surface area contributed by atoms with Gasteiger partial charge in [0, 0.05) is 0 Å². The van der Waals surface area contributed by atoms with Gasteiger partial charge in [0.1, 0.15) is 0 Å². The van der Waals surface area contributed by atoms with Crippen molar-refractivity contribution in [1.82, 2.24) is 0 Å². The zero-order valence-corrected chi connectivity index (χ0v) is 10.2. The average molecular weight is 271 g/mol. The third kappa shape index (κ3) is 3.78. The Morgan fingerprint density at radius 1 is 1.40 bits per heavy atom. The summed E-state index contributed by atoms with van der Waals surface area (Å²) in [5.74, 6) is -0.289. The Hall–Kier alpha value is -0.640. The fourth-order valence-electron chi connectivity index (χ4n) is 0.830. The lowest BCUT2D eigenvalue weighted by atomic mass is 10.3. The predicted octanol–water partition coefficient (Wildman–Crippen LogP) is 2.67. The normalized spacial score (nSPS) is 11.4. The molecule has 1 atom stereocenters. The molecule has 1 unspecified atom stereocenters. The largest absolute Gasteiger partial charge is 0.478 e. The lowest BCUT2D eigenvalue weighted by molar-refractivity contribution is -0.123. The van der Waals surface area contributed by atoms with Gasteiger partial charge in [-0.05, 0) is 19.1 Å². The van der Waals surface area contributed by atoms with E-state index in [1.807, 2.05) is 0 Å². The second-order valence-corrected chi connectivity index (χ2v) is 3.53. The van der Waals surface area contributed by atoms with Crippen molar-refractivity contribution in [1.29, 1.82) is 0 Å². The smallest absolute Gasteiger partial charge is 0.258 e. The van der Waals surface area contributed by atoms with Crippen LogP contribution in [0.25, 0.3) is 0 Å². The van der Waals surface area contributed by atoms with Gasteiger partial charge < -0.3 is 10.5 Å². The summed E-state index contributed by atoms with van der Waals surface area (Å²) in [4.78, 5) is 10.7. The second-order valence-electron chi connectivity index (χ2n) is 2.71. The van der Waals surface area contributed by atoms with Crippen molar-refractivity contribution in [2.24, 2.45) is 5.73 Å². The Labute approximate surface area is 104 Å². The molecule has 1 rings (SSSR count). The number of hydrogen-bond acceptors (Lipinski definition) is 2. The Morgan fingerprint density at radius 2 is 1.87 bits per heavy atom. The molecule has 1 aromatic rings. The van der Waals surface area contributed by atoms with E-state index >= 15 is 0 Å². The highest BCUT2D eigenvalue weighted by Crippen LogP contribution is 2.32. The van der Waals surface area contributed by atoms with Gasteiger partial charge in [-0.15, -0.1) is 12.4 Å². The van der Waals surface area contributed by atoms with Crippen LogP contribution in [0.5, 0.6) is 5.75 Å². The minimum atomic E-state index is -0.757. The summed E-state index contributed by atoms with van der Waals surface area (Å²) in [6.07, 6.45) is -0.757. The van der Waals surface area contributed by atoms with E-state index < -0.39 is 12.0 Å². The molecule has 0 bridgehead atoms. The number of para-hydroxylation sites is 1. The van der Waals surface area contributed by atoms with Crippen LogP contribution in [0.2, 0.25) is 10.0 Å². The molecule has 0 heterocycles. The van der Waals surface area contributed by atoms with E-state index in [2.05, 4.69) is 0 Å². The molecule has 0 spiro atoms. The van der Waals surface area contributed by atoms with E-state index in [9.17, 15) is 4.79 Å². The van der Waals surface area contributed by atoms with Crippen molar-refractivity contribution >= 4 is 41.5 Å². The molecule has 0 aliphatic rings. The topological polar surface area (TPSA) is 52.3 Å². The van der Waals surface area contributed by atoms with Crippen molar-refractivity contribution in [3.05, 3.63) is 28.2 Å². The van der Waals surface area contributed by atoms with Gasteiger partial charge in [0.2, 0.25) is 0 Å². The molecule has 0 aromatic heterocycles. The molecule has 84 valence electrons. The predicted molar refractivity (Wildman–Crippen MR) is 63.0 cm³/mol. The zero-order valence-electron chi connectivity index (χ0n) is 7.87. The van der Waals surface area contributed by atoms with Gasteiger partial charge in [0.15, 0.2) is 11.9 Å². The number of rotatable bonds is 3. The number of benzene rings is 1. The van der Waals surface area contributed by atoms with E-state index in [1.165, 1.54) is 6.92 Å². The minimum absolute atomic E-state index is 0. The van der Waals surface area contributed by atoms with Crippen LogP contribution >= 0.6 is 35.6 Å². The molecule has 0 saturated carbocycles. The van der Waals surface area contributed by atoms with E-state index in [4.69, 9.17) is 33.7 Å². The molecule has 6 heteroatoms. The number of amides is 1. The SMILES string of the molecule is CC(Oc1c(Cl)cccc1Cl)C(N)=O.Cl. The molecule has 0 aliphatic heterocycles. The number of carbonyl (C=O) groups excluding carboxylic acids is 1. The second kappa shape index (κ2) is 6.05. The highest BCUT2D eigenvalue weighted by molar-refractivity contribution is 6.37. The molecule has 0 saturated heterocycles. The zero-order chi connectivity index (χ0) is 10.7. The van der Waals surface area contributed by atoms with Crippen LogP contribution in [-0.4, -0.2) is 12.0 Å². The Kier molecular flexibility index (Phi) is 5.80. The van der Waals surface area contributed by atoms with Gasteiger partial charge in [0.05, 0.1) is 10.0 Å². The fraction of sp³-hybridized carbons (Fsp3) is 0.222. The summed E-state index contributed by atoms with van der Waals surface area (Å²) in [7, 11) is 0. The third-order valence-corrected chi connectivity index (χ3v) is 2.21. The summed E-state index contributed by atoms with van der Waals surface area (Å²) >= 11 is 11.6. The molecule has 3 nitrogen and oxygen atoms in total. The summed E-state index contributed by atoms with van der Waals surface area (Å²) in [6.45, 7) is 1.53. The summed E-state index contributed by atoms with van der Waals surface area (Å²) < 4.78 is 5.20. The number of halogens is 3. The van der Waals surface area contributed by atoms with Crippen LogP contribution in [0, 0.1) is 0 Å². The van der Waals surface area contributed by atoms with Crippen molar-refractivity contribution in [3.8, 4) is 5.75 Å². The lowest BCUT2D eigenvalue weighted by Gasteiger charge is -2.13. The van der Waals surface area contributed by atoms with Crippen molar-refractivity contribution in [2.45, 2.75) is 13.0 Å². The lowest BCUT2D eigenvalue weighted by Crippen LogP contribution is -2.30. The maximum Gasteiger partial charge on any atom is 0.258 e. The monoisotopic (exact) mass is 269 g/mol. The highest BCUT2D eigenvalue weighted by atomic mass is 35.5. The number of ether oxygens (including phenoxy) is 1.